The van der Waals surface area contributed by atoms with Crippen LogP contribution in [0.1, 0.15) is 10.4 Å². The number of halogens is 2. The number of hydrogen-bond donors (Lipinski definition) is 0. The van der Waals surface area contributed by atoms with Crippen molar-refractivity contribution in [2.24, 2.45) is 4.99 Å². The molecule has 3 aromatic rings. The number of carbonyl (C=O) groups excluding carboxylic acids is 1. The summed E-state index contributed by atoms with van der Waals surface area (Å²) in [5.74, 6) is 0.337. The molecule has 3 rings (SSSR count). The molecule has 0 bridgehead atoms. The van der Waals surface area contributed by atoms with Gasteiger partial charge in [0.25, 0.3) is 5.91 Å². The molecule has 0 saturated heterocycles. The molecule has 0 unspecified atom stereocenters. The molecule has 1 heterocycles. The molecule has 8 heteroatoms. The lowest BCUT2D eigenvalue weighted by molar-refractivity contribution is 0.0994. The molecule has 5 nitrogen and oxygen atoms in total. The van der Waals surface area contributed by atoms with E-state index in [0.717, 1.165) is 10.2 Å². The van der Waals surface area contributed by atoms with E-state index in [1.165, 1.54) is 25.6 Å². The number of ether oxygens (including phenoxy) is 2. The second kappa shape index (κ2) is 8.17. The van der Waals surface area contributed by atoms with Crippen LogP contribution in [0.3, 0.4) is 0 Å². The zero-order chi connectivity index (χ0) is 19.6. The minimum Gasteiger partial charge on any atom is -0.493 e. The topological polar surface area (TPSA) is 52.8 Å². The fourth-order valence-electron chi connectivity index (χ4n) is 2.70. The van der Waals surface area contributed by atoms with Crippen molar-refractivity contribution in [2.75, 3.05) is 14.2 Å². The van der Waals surface area contributed by atoms with E-state index in [-0.39, 0.29) is 0 Å². The lowest BCUT2D eigenvalue weighted by Gasteiger charge is -2.10. The molecule has 0 aliphatic rings. The maximum atomic E-state index is 12.9. The summed E-state index contributed by atoms with van der Waals surface area (Å²) in [6, 6.07) is 8.50. The van der Waals surface area contributed by atoms with E-state index < -0.39 is 5.91 Å². The molecule has 0 atom stereocenters. The van der Waals surface area contributed by atoms with E-state index in [0.29, 0.717) is 38.5 Å². The third-order valence-corrected chi connectivity index (χ3v) is 5.71. The molecule has 140 valence electrons. The molecule has 0 aliphatic carbocycles. The number of amides is 1. The van der Waals surface area contributed by atoms with Gasteiger partial charge >= 0.3 is 0 Å². The van der Waals surface area contributed by atoms with Gasteiger partial charge in [-0.15, -0.1) is 6.58 Å². The molecule has 0 fully saturated rings. The van der Waals surface area contributed by atoms with Gasteiger partial charge in [0.2, 0.25) is 0 Å². The summed E-state index contributed by atoms with van der Waals surface area (Å²) in [4.78, 5) is 17.6. The first-order chi connectivity index (χ1) is 13.0. The van der Waals surface area contributed by atoms with Crippen LogP contribution in [-0.4, -0.2) is 24.7 Å². The van der Waals surface area contributed by atoms with Crippen LogP contribution in [0.25, 0.3) is 10.2 Å². The molecule has 2 aromatic carbocycles. The van der Waals surface area contributed by atoms with Gasteiger partial charge in [0, 0.05) is 6.54 Å². The summed E-state index contributed by atoms with van der Waals surface area (Å²) >= 11 is 13.9. The minimum absolute atomic E-state index is 0.302. The number of allylic oxidation sites excluding steroid dienone is 1. The predicted molar refractivity (Wildman–Crippen MR) is 109 cm³/mol. The van der Waals surface area contributed by atoms with Crippen LogP contribution in [0.2, 0.25) is 10.0 Å². The first-order valence-electron chi connectivity index (χ1n) is 7.90. The second-order valence-electron chi connectivity index (χ2n) is 5.45. The second-order valence-corrected chi connectivity index (χ2v) is 7.24. The highest BCUT2D eigenvalue weighted by atomic mass is 35.5. The first-order valence-corrected chi connectivity index (χ1v) is 9.47. The fourth-order valence-corrected chi connectivity index (χ4v) is 4.35. The normalized spacial score (nSPS) is 11.6. The predicted octanol–water partition coefficient (Wildman–Crippen LogP) is 4.95. The van der Waals surface area contributed by atoms with Crippen LogP contribution in [0, 0.1) is 0 Å². The molecule has 0 N–H and O–H groups in total. The number of nitrogens with zero attached hydrogens (tertiary/aromatic N) is 2. The highest BCUT2D eigenvalue weighted by Crippen LogP contribution is 2.33. The Labute approximate surface area is 170 Å². The van der Waals surface area contributed by atoms with Gasteiger partial charge < -0.3 is 14.0 Å². The first kappa shape index (κ1) is 19.5. The van der Waals surface area contributed by atoms with E-state index in [9.17, 15) is 4.79 Å². The summed E-state index contributed by atoms with van der Waals surface area (Å²) in [6.07, 6.45) is 1.71. The quantitative estimate of drug-likeness (QED) is 0.546. The maximum Gasteiger partial charge on any atom is 0.283 e. The average molecular weight is 423 g/mol. The Balaban J connectivity index is 2.24. The molecule has 0 radical (unpaired) electrons. The zero-order valence-electron chi connectivity index (χ0n) is 14.7. The lowest BCUT2D eigenvalue weighted by Crippen LogP contribution is -2.16. The van der Waals surface area contributed by atoms with Crippen LogP contribution < -0.4 is 14.3 Å². The van der Waals surface area contributed by atoms with Gasteiger partial charge in [-0.2, -0.15) is 4.99 Å². The third kappa shape index (κ3) is 3.60. The fraction of sp³-hybridized carbons (Fsp3) is 0.158. The summed E-state index contributed by atoms with van der Waals surface area (Å²) in [5, 5.41) is 1.07. The highest BCUT2D eigenvalue weighted by molar-refractivity contribution is 7.17. The van der Waals surface area contributed by atoms with Crippen molar-refractivity contribution in [2.45, 2.75) is 6.54 Å². The molecular formula is C19H16Cl2N2O3S. The molecule has 0 aliphatic heterocycles. The number of aromatic nitrogens is 1. The van der Waals surface area contributed by atoms with Crippen molar-refractivity contribution in [3.8, 4) is 11.5 Å². The van der Waals surface area contributed by atoms with Crippen molar-refractivity contribution in [3.05, 3.63) is 63.4 Å². The van der Waals surface area contributed by atoms with E-state index in [2.05, 4.69) is 11.6 Å². The average Bonchev–Trinajstić information content (AvgIpc) is 3.03. The molecule has 27 heavy (non-hydrogen) atoms. The standard InChI is InChI=1S/C19H16Cl2N2O3S/c1-4-10-23-15-12(20)8-9-13(21)17(15)27-19(23)22-18(24)11-6-5-7-14(25-2)16(11)26-3/h4-9H,1,10H2,2-3H3. The summed E-state index contributed by atoms with van der Waals surface area (Å²) in [5.41, 5.74) is 1.02. The molecule has 1 amide bonds. The van der Waals surface area contributed by atoms with Crippen LogP contribution in [0.5, 0.6) is 11.5 Å². The Kier molecular flexibility index (Phi) is 5.89. The molecule has 1 aromatic heterocycles. The number of methoxy groups -OCH3 is 2. The zero-order valence-corrected chi connectivity index (χ0v) is 17.0. The summed E-state index contributed by atoms with van der Waals surface area (Å²) in [7, 11) is 2.99. The Bertz CT molecular complexity index is 1100. The lowest BCUT2D eigenvalue weighted by atomic mass is 10.2. The number of thiazole rings is 1. The molecule has 0 spiro atoms. The van der Waals surface area contributed by atoms with Gasteiger partial charge in [-0.05, 0) is 24.3 Å². The number of rotatable bonds is 5. The van der Waals surface area contributed by atoms with Gasteiger partial charge in [-0.1, -0.05) is 46.7 Å². The Hall–Kier alpha value is -2.28. The molecular weight excluding hydrogens is 407 g/mol. The van der Waals surface area contributed by atoms with Crippen molar-refractivity contribution in [1.29, 1.82) is 0 Å². The Morgan fingerprint density at radius 1 is 1.22 bits per heavy atom. The van der Waals surface area contributed by atoms with Crippen molar-refractivity contribution in [3.63, 3.8) is 0 Å². The number of hydrogen-bond acceptors (Lipinski definition) is 4. The SMILES string of the molecule is C=CCn1c(=NC(=O)c2cccc(OC)c2OC)sc2c(Cl)ccc(Cl)c21. The highest BCUT2D eigenvalue weighted by Gasteiger charge is 2.18. The van der Waals surface area contributed by atoms with Gasteiger partial charge in [0.1, 0.15) is 0 Å². The Morgan fingerprint density at radius 3 is 2.63 bits per heavy atom. The van der Waals surface area contributed by atoms with E-state index in [4.69, 9.17) is 32.7 Å². The number of benzene rings is 2. The number of fused-ring (bicyclic) bond motifs is 1. The minimum atomic E-state index is -0.456. The maximum absolute atomic E-state index is 12.9. The summed E-state index contributed by atoms with van der Waals surface area (Å²) in [6.45, 7) is 4.20. The van der Waals surface area contributed by atoms with Crippen LogP contribution in [-0.2, 0) is 6.54 Å². The molecule has 0 saturated carbocycles. The third-order valence-electron chi connectivity index (χ3n) is 3.87. The van der Waals surface area contributed by atoms with Crippen LogP contribution in [0.15, 0.2) is 48.0 Å². The van der Waals surface area contributed by atoms with Crippen molar-refractivity contribution < 1.29 is 14.3 Å². The van der Waals surface area contributed by atoms with E-state index in [1.807, 2.05) is 4.57 Å². The monoisotopic (exact) mass is 422 g/mol. The number of carbonyl (C=O) groups is 1. The van der Waals surface area contributed by atoms with Crippen molar-refractivity contribution in [1.82, 2.24) is 4.57 Å². The van der Waals surface area contributed by atoms with Gasteiger partial charge in [-0.3, -0.25) is 4.79 Å². The number of para-hydroxylation sites is 1. The van der Waals surface area contributed by atoms with Gasteiger partial charge in [0.05, 0.1) is 40.0 Å². The Morgan fingerprint density at radius 2 is 1.96 bits per heavy atom. The largest absolute Gasteiger partial charge is 0.493 e. The van der Waals surface area contributed by atoms with Gasteiger partial charge in [0.15, 0.2) is 16.3 Å². The van der Waals surface area contributed by atoms with Crippen molar-refractivity contribution >= 4 is 50.7 Å². The van der Waals surface area contributed by atoms with Crippen LogP contribution in [0.4, 0.5) is 0 Å². The van der Waals surface area contributed by atoms with Gasteiger partial charge in [-0.25, -0.2) is 0 Å². The van der Waals surface area contributed by atoms with Crippen LogP contribution >= 0.6 is 34.5 Å². The van der Waals surface area contributed by atoms with E-state index in [1.54, 1.807) is 36.4 Å². The summed E-state index contributed by atoms with van der Waals surface area (Å²) < 4.78 is 13.2. The smallest absolute Gasteiger partial charge is 0.283 e. The van der Waals surface area contributed by atoms with E-state index >= 15 is 0 Å².